The summed E-state index contributed by atoms with van der Waals surface area (Å²) in [5.74, 6) is 0.103. The predicted molar refractivity (Wildman–Crippen MR) is 65.2 cm³/mol. The van der Waals surface area contributed by atoms with Crippen LogP contribution < -0.4 is 0 Å². The smallest absolute Gasteiger partial charge is 0.248 e. The largest absolute Gasteiger partial charge is 0.372 e. The van der Waals surface area contributed by atoms with Gasteiger partial charge in [-0.1, -0.05) is 32.4 Å². The monoisotopic (exact) mass is 225 g/mol. The lowest BCUT2D eigenvalue weighted by Crippen LogP contribution is -2.38. The van der Waals surface area contributed by atoms with Gasteiger partial charge in [-0.05, 0) is 18.8 Å². The van der Waals surface area contributed by atoms with E-state index in [1.807, 2.05) is 11.8 Å². The Morgan fingerprint density at radius 3 is 2.62 bits per heavy atom. The molecule has 0 saturated carbocycles. The van der Waals surface area contributed by atoms with E-state index in [1.54, 1.807) is 0 Å². The van der Waals surface area contributed by atoms with E-state index in [1.165, 1.54) is 5.57 Å². The number of rotatable bonds is 3. The predicted octanol–water partition coefficient (Wildman–Crippen LogP) is 2.23. The zero-order chi connectivity index (χ0) is 12.2. The van der Waals surface area contributed by atoms with Gasteiger partial charge in [-0.3, -0.25) is 4.79 Å². The van der Waals surface area contributed by atoms with E-state index < -0.39 is 0 Å². The topological polar surface area (TPSA) is 29.5 Å². The summed E-state index contributed by atoms with van der Waals surface area (Å²) in [6.07, 6.45) is 3.18. The zero-order valence-corrected chi connectivity index (χ0v) is 10.9. The van der Waals surface area contributed by atoms with Gasteiger partial charge in [0.25, 0.3) is 0 Å². The van der Waals surface area contributed by atoms with Crippen molar-refractivity contribution >= 4 is 5.91 Å². The average Bonchev–Trinajstić information content (AvgIpc) is 2.25. The van der Waals surface area contributed by atoms with Crippen LogP contribution in [0.5, 0.6) is 0 Å². The van der Waals surface area contributed by atoms with E-state index in [9.17, 15) is 4.79 Å². The molecular formula is C13H23NO2. The number of amides is 1. The van der Waals surface area contributed by atoms with E-state index in [2.05, 4.69) is 26.8 Å². The lowest BCUT2D eigenvalue weighted by atomic mass is 9.83. The Balaban J connectivity index is 2.48. The van der Waals surface area contributed by atoms with Crippen LogP contribution in [0.3, 0.4) is 0 Å². The molecule has 0 atom stereocenters. The molecule has 0 aromatic rings. The fourth-order valence-electron chi connectivity index (χ4n) is 1.86. The Bertz CT molecular complexity index is 276. The standard InChI is InChI=1S/C13H23NO2/c1-5-16-10-12(15)14-8-6-11(7-9-14)13(2,3)4/h6H,5,7-10H2,1-4H3. The maximum atomic E-state index is 11.7. The van der Waals surface area contributed by atoms with Crippen molar-refractivity contribution in [3.63, 3.8) is 0 Å². The number of nitrogens with zero attached hydrogens (tertiary/aromatic N) is 1. The van der Waals surface area contributed by atoms with E-state index >= 15 is 0 Å². The van der Waals surface area contributed by atoms with Crippen molar-refractivity contribution in [3.05, 3.63) is 11.6 Å². The van der Waals surface area contributed by atoms with Crippen LogP contribution >= 0.6 is 0 Å². The molecule has 0 aliphatic carbocycles. The first kappa shape index (κ1) is 13.2. The Morgan fingerprint density at radius 2 is 2.19 bits per heavy atom. The molecule has 0 aromatic carbocycles. The summed E-state index contributed by atoms with van der Waals surface area (Å²) in [7, 11) is 0. The van der Waals surface area contributed by atoms with E-state index in [4.69, 9.17) is 4.74 Å². The summed E-state index contributed by atoms with van der Waals surface area (Å²) in [5.41, 5.74) is 1.68. The van der Waals surface area contributed by atoms with Crippen molar-refractivity contribution in [2.45, 2.75) is 34.1 Å². The minimum atomic E-state index is 0.103. The summed E-state index contributed by atoms with van der Waals surface area (Å²) in [5, 5.41) is 0. The molecule has 0 unspecified atom stereocenters. The highest BCUT2D eigenvalue weighted by molar-refractivity contribution is 5.77. The van der Waals surface area contributed by atoms with Crippen molar-refractivity contribution < 1.29 is 9.53 Å². The van der Waals surface area contributed by atoms with E-state index in [0.29, 0.717) is 6.61 Å². The third-order valence-electron chi connectivity index (χ3n) is 2.95. The molecule has 1 rings (SSSR count). The minimum Gasteiger partial charge on any atom is -0.372 e. The lowest BCUT2D eigenvalue weighted by molar-refractivity contribution is -0.135. The highest BCUT2D eigenvalue weighted by Crippen LogP contribution is 2.29. The molecule has 0 saturated heterocycles. The molecule has 16 heavy (non-hydrogen) atoms. The van der Waals surface area contributed by atoms with Crippen LogP contribution in [0.4, 0.5) is 0 Å². The van der Waals surface area contributed by atoms with Gasteiger partial charge < -0.3 is 9.64 Å². The molecule has 0 radical (unpaired) electrons. The first-order valence-corrected chi connectivity index (χ1v) is 6.00. The Labute approximate surface area is 98.5 Å². The van der Waals surface area contributed by atoms with Gasteiger partial charge in [0.1, 0.15) is 6.61 Å². The van der Waals surface area contributed by atoms with Crippen molar-refractivity contribution in [2.75, 3.05) is 26.3 Å². The number of hydrogen-bond donors (Lipinski definition) is 0. The van der Waals surface area contributed by atoms with Crippen LogP contribution in [0.2, 0.25) is 0 Å². The fraction of sp³-hybridized carbons (Fsp3) is 0.769. The molecule has 0 N–H and O–H groups in total. The van der Waals surface area contributed by atoms with Gasteiger partial charge in [-0.15, -0.1) is 0 Å². The molecule has 3 nitrogen and oxygen atoms in total. The minimum absolute atomic E-state index is 0.103. The van der Waals surface area contributed by atoms with Gasteiger partial charge in [0, 0.05) is 19.7 Å². The molecular weight excluding hydrogens is 202 g/mol. The van der Waals surface area contributed by atoms with Crippen LogP contribution in [0.25, 0.3) is 0 Å². The summed E-state index contributed by atoms with van der Waals surface area (Å²) < 4.78 is 5.13. The third-order valence-corrected chi connectivity index (χ3v) is 2.95. The van der Waals surface area contributed by atoms with E-state index in [-0.39, 0.29) is 17.9 Å². The molecule has 3 heteroatoms. The van der Waals surface area contributed by atoms with Crippen molar-refractivity contribution in [3.8, 4) is 0 Å². The molecule has 0 fully saturated rings. The zero-order valence-electron chi connectivity index (χ0n) is 10.9. The number of ether oxygens (including phenoxy) is 1. The molecule has 1 aliphatic rings. The van der Waals surface area contributed by atoms with Crippen LogP contribution in [0.15, 0.2) is 11.6 Å². The normalized spacial score (nSPS) is 17.2. The molecule has 0 aromatic heterocycles. The molecule has 1 aliphatic heterocycles. The SMILES string of the molecule is CCOCC(=O)N1CC=C(C(C)(C)C)CC1. The average molecular weight is 225 g/mol. The summed E-state index contributed by atoms with van der Waals surface area (Å²) >= 11 is 0. The van der Waals surface area contributed by atoms with Crippen LogP contribution in [0, 0.1) is 5.41 Å². The van der Waals surface area contributed by atoms with Gasteiger partial charge in [-0.2, -0.15) is 0 Å². The van der Waals surface area contributed by atoms with Crippen LogP contribution in [-0.4, -0.2) is 37.1 Å². The number of hydrogen-bond acceptors (Lipinski definition) is 2. The molecule has 0 bridgehead atoms. The van der Waals surface area contributed by atoms with Gasteiger partial charge in [0.2, 0.25) is 5.91 Å². The first-order chi connectivity index (χ1) is 7.45. The van der Waals surface area contributed by atoms with Gasteiger partial charge in [-0.25, -0.2) is 0 Å². The molecule has 0 spiro atoms. The molecule has 92 valence electrons. The maximum Gasteiger partial charge on any atom is 0.248 e. The number of carbonyl (C=O) groups excluding carboxylic acids is 1. The van der Waals surface area contributed by atoms with Crippen molar-refractivity contribution in [1.29, 1.82) is 0 Å². The van der Waals surface area contributed by atoms with Gasteiger partial charge in [0.15, 0.2) is 0 Å². The fourth-order valence-corrected chi connectivity index (χ4v) is 1.86. The molecule has 1 amide bonds. The quantitative estimate of drug-likeness (QED) is 0.689. The first-order valence-electron chi connectivity index (χ1n) is 6.00. The van der Waals surface area contributed by atoms with Crippen molar-refractivity contribution in [2.24, 2.45) is 5.41 Å². The Hall–Kier alpha value is -0.830. The van der Waals surface area contributed by atoms with Crippen LogP contribution in [-0.2, 0) is 9.53 Å². The van der Waals surface area contributed by atoms with Crippen LogP contribution in [0.1, 0.15) is 34.1 Å². The second kappa shape index (κ2) is 5.48. The highest BCUT2D eigenvalue weighted by Gasteiger charge is 2.23. The van der Waals surface area contributed by atoms with Gasteiger partial charge >= 0.3 is 0 Å². The Morgan fingerprint density at radius 1 is 1.50 bits per heavy atom. The summed E-state index contributed by atoms with van der Waals surface area (Å²) in [4.78, 5) is 13.6. The van der Waals surface area contributed by atoms with Gasteiger partial charge in [0.05, 0.1) is 0 Å². The Kier molecular flexibility index (Phi) is 4.54. The summed E-state index contributed by atoms with van der Waals surface area (Å²) in [6.45, 7) is 10.9. The summed E-state index contributed by atoms with van der Waals surface area (Å²) in [6, 6.07) is 0. The maximum absolute atomic E-state index is 11.7. The molecule has 1 heterocycles. The second-order valence-corrected chi connectivity index (χ2v) is 5.21. The van der Waals surface area contributed by atoms with E-state index in [0.717, 1.165) is 19.5 Å². The third kappa shape index (κ3) is 3.63. The second-order valence-electron chi connectivity index (χ2n) is 5.21. The number of carbonyl (C=O) groups is 1. The lowest BCUT2D eigenvalue weighted by Gasteiger charge is -2.32. The van der Waals surface area contributed by atoms with Crippen molar-refractivity contribution in [1.82, 2.24) is 4.90 Å². The highest BCUT2D eigenvalue weighted by atomic mass is 16.5.